The van der Waals surface area contributed by atoms with E-state index in [0.29, 0.717) is 6.61 Å². The summed E-state index contributed by atoms with van der Waals surface area (Å²) in [6.45, 7) is 7.65. The summed E-state index contributed by atoms with van der Waals surface area (Å²) in [5, 5.41) is 7.86. The predicted molar refractivity (Wildman–Crippen MR) is 80.9 cm³/mol. The highest BCUT2D eigenvalue weighted by molar-refractivity contribution is 5.20. The van der Waals surface area contributed by atoms with Crippen molar-refractivity contribution in [2.45, 2.75) is 33.4 Å². The van der Waals surface area contributed by atoms with Crippen molar-refractivity contribution in [2.24, 2.45) is 0 Å². The Morgan fingerprint density at radius 3 is 2.80 bits per heavy atom. The number of para-hydroxylation sites is 1. The molecule has 0 amide bonds. The van der Waals surface area contributed by atoms with Gasteiger partial charge < -0.3 is 10.1 Å². The van der Waals surface area contributed by atoms with E-state index in [1.165, 1.54) is 5.56 Å². The van der Waals surface area contributed by atoms with Crippen molar-refractivity contribution >= 4 is 0 Å². The molecule has 1 aromatic carbocycles. The maximum absolute atomic E-state index is 5.68. The molecule has 1 aromatic heterocycles. The molecule has 0 aliphatic carbocycles. The van der Waals surface area contributed by atoms with Crippen LogP contribution in [0.25, 0.3) is 0 Å². The van der Waals surface area contributed by atoms with Gasteiger partial charge in [0.2, 0.25) is 0 Å². The molecule has 0 bridgehead atoms. The van der Waals surface area contributed by atoms with E-state index >= 15 is 0 Å². The Morgan fingerprint density at radius 1 is 1.25 bits per heavy atom. The van der Waals surface area contributed by atoms with Crippen LogP contribution in [0.1, 0.15) is 24.6 Å². The Morgan fingerprint density at radius 2 is 2.05 bits per heavy atom. The molecular weight excluding hydrogens is 250 g/mol. The van der Waals surface area contributed by atoms with Crippen LogP contribution in [-0.4, -0.2) is 22.9 Å². The third kappa shape index (κ3) is 4.38. The molecule has 0 fully saturated rings. The largest absolute Gasteiger partial charge is 0.494 e. The highest BCUT2D eigenvalue weighted by atomic mass is 16.5. The molecular formula is C16H23N3O. The molecule has 0 unspecified atom stereocenters. The Hall–Kier alpha value is -1.81. The lowest BCUT2D eigenvalue weighted by Crippen LogP contribution is -2.11. The quantitative estimate of drug-likeness (QED) is 0.752. The van der Waals surface area contributed by atoms with Crippen molar-refractivity contribution in [2.75, 3.05) is 13.2 Å². The minimum Gasteiger partial charge on any atom is -0.494 e. The number of hydrogen-bond donors (Lipinski definition) is 1. The van der Waals surface area contributed by atoms with Gasteiger partial charge >= 0.3 is 0 Å². The second-order valence-corrected chi connectivity index (χ2v) is 4.80. The van der Waals surface area contributed by atoms with Crippen molar-refractivity contribution in [1.29, 1.82) is 0 Å². The van der Waals surface area contributed by atoms with Crippen LogP contribution in [0.2, 0.25) is 0 Å². The van der Waals surface area contributed by atoms with E-state index in [1.807, 2.05) is 35.0 Å². The number of hydrogen-bond acceptors (Lipinski definition) is 3. The third-order valence-electron chi connectivity index (χ3n) is 3.16. The summed E-state index contributed by atoms with van der Waals surface area (Å²) in [7, 11) is 0. The van der Waals surface area contributed by atoms with Gasteiger partial charge in [-0.25, -0.2) is 0 Å². The minimum atomic E-state index is 0.714. The molecule has 0 spiro atoms. The fourth-order valence-corrected chi connectivity index (χ4v) is 2.04. The number of ether oxygens (including phenoxy) is 1. The lowest BCUT2D eigenvalue weighted by Gasteiger charge is -2.05. The molecule has 0 aliphatic rings. The summed E-state index contributed by atoms with van der Waals surface area (Å²) in [5.41, 5.74) is 2.38. The number of aryl methyl sites for hydroxylation is 2. The molecule has 20 heavy (non-hydrogen) atoms. The fraction of sp³-hybridized carbons (Fsp3) is 0.438. The maximum atomic E-state index is 5.68. The summed E-state index contributed by atoms with van der Waals surface area (Å²) >= 11 is 0. The predicted octanol–water partition coefficient (Wildman–Crippen LogP) is 2.77. The topological polar surface area (TPSA) is 39.1 Å². The van der Waals surface area contributed by atoms with Gasteiger partial charge in [0.15, 0.2) is 0 Å². The summed E-state index contributed by atoms with van der Waals surface area (Å²) in [6, 6.07) is 9.92. The van der Waals surface area contributed by atoms with E-state index in [0.717, 1.165) is 37.5 Å². The van der Waals surface area contributed by atoms with Crippen LogP contribution in [0.5, 0.6) is 5.75 Å². The van der Waals surface area contributed by atoms with Gasteiger partial charge in [-0.2, -0.15) is 5.10 Å². The van der Waals surface area contributed by atoms with Gasteiger partial charge in [0.25, 0.3) is 0 Å². The van der Waals surface area contributed by atoms with Crippen LogP contribution >= 0.6 is 0 Å². The lowest BCUT2D eigenvalue weighted by atomic mass is 10.2. The average molecular weight is 273 g/mol. The Balaban J connectivity index is 1.74. The van der Waals surface area contributed by atoms with Gasteiger partial charge in [0.1, 0.15) is 5.75 Å². The molecule has 0 saturated carbocycles. The first-order chi connectivity index (χ1) is 9.79. The summed E-state index contributed by atoms with van der Waals surface area (Å²) in [4.78, 5) is 0. The molecule has 4 heteroatoms. The molecule has 4 nitrogen and oxygen atoms in total. The van der Waals surface area contributed by atoms with Gasteiger partial charge in [0.05, 0.1) is 12.3 Å². The van der Waals surface area contributed by atoms with Crippen molar-refractivity contribution in [3.63, 3.8) is 0 Å². The normalized spacial score (nSPS) is 10.7. The van der Waals surface area contributed by atoms with Crippen LogP contribution in [0.3, 0.4) is 0 Å². The van der Waals surface area contributed by atoms with Crippen LogP contribution in [0.4, 0.5) is 0 Å². The van der Waals surface area contributed by atoms with Gasteiger partial charge in [-0.3, -0.25) is 4.68 Å². The van der Waals surface area contributed by atoms with E-state index in [2.05, 4.69) is 30.5 Å². The number of benzene rings is 1. The first kappa shape index (κ1) is 14.6. The summed E-state index contributed by atoms with van der Waals surface area (Å²) in [5.74, 6) is 0.928. The zero-order chi connectivity index (χ0) is 14.2. The standard InChI is InChI=1S/C16H23N3O/c1-3-17-12-15-13-19(18-14(15)2)10-7-11-20-16-8-5-4-6-9-16/h4-6,8-9,13,17H,3,7,10-12H2,1-2H3. The first-order valence-electron chi connectivity index (χ1n) is 7.21. The second kappa shape index (κ2) is 7.70. The monoisotopic (exact) mass is 273 g/mol. The molecule has 1 heterocycles. The smallest absolute Gasteiger partial charge is 0.119 e. The lowest BCUT2D eigenvalue weighted by molar-refractivity contribution is 0.298. The molecule has 1 N–H and O–H groups in total. The zero-order valence-corrected chi connectivity index (χ0v) is 12.3. The molecule has 2 rings (SSSR count). The SMILES string of the molecule is CCNCc1cn(CCCOc2ccccc2)nc1C. The van der Waals surface area contributed by atoms with Crippen molar-refractivity contribution in [1.82, 2.24) is 15.1 Å². The van der Waals surface area contributed by atoms with Crippen molar-refractivity contribution in [3.05, 3.63) is 47.8 Å². The zero-order valence-electron chi connectivity index (χ0n) is 12.3. The number of nitrogens with zero attached hydrogens (tertiary/aromatic N) is 2. The third-order valence-corrected chi connectivity index (χ3v) is 3.16. The fourth-order valence-electron chi connectivity index (χ4n) is 2.04. The van der Waals surface area contributed by atoms with Crippen LogP contribution < -0.4 is 10.1 Å². The molecule has 2 aromatic rings. The van der Waals surface area contributed by atoms with E-state index in [9.17, 15) is 0 Å². The van der Waals surface area contributed by atoms with E-state index in [-0.39, 0.29) is 0 Å². The van der Waals surface area contributed by atoms with E-state index < -0.39 is 0 Å². The van der Waals surface area contributed by atoms with Crippen LogP contribution in [-0.2, 0) is 13.1 Å². The van der Waals surface area contributed by atoms with Crippen LogP contribution in [0.15, 0.2) is 36.5 Å². The van der Waals surface area contributed by atoms with E-state index in [1.54, 1.807) is 0 Å². The van der Waals surface area contributed by atoms with Crippen LogP contribution in [0, 0.1) is 6.92 Å². The van der Waals surface area contributed by atoms with Gasteiger partial charge in [0, 0.05) is 31.3 Å². The average Bonchev–Trinajstić information content (AvgIpc) is 2.83. The second-order valence-electron chi connectivity index (χ2n) is 4.80. The maximum Gasteiger partial charge on any atom is 0.119 e. The Labute approximate surface area is 120 Å². The van der Waals surface area contributed by atoms with E-state index in [4.69, 9.17) is 4.74 Å². The molecule has 0 radical (unpaired) electrons. The Bertz CT molecular complexity index is 508. The molecule has 0 saturated heterocycles. The number of nitrogens with one attached hydrogen (secondary N) is 1. The molecule has 108 valence electrons. The van der Waals surface area contributed by atoms with Gasteiger partial charge in [-0.1, -0.05) is 25.1 Å². The Kier molecular flexibility index (Phi) is 5.62. The number of rotatable bonds is 8. The van der Waals surface area contributed by atoms with Crippen molar-refractivity contribution in [3.8, 4) is 5.75 Å². The van der Waals surface area contributed by atoms with Crippen molar-refractivity contribution < 1.29 is 4.74 Å². The first-order valence-corrected chi connectivity index (χ1v) is 7.21. The highest BCUT2D eigenvalue weighted by Gasteiger charge is 2.04. The van der Waals surface area contributed by atoms with Gasteiger partial charge in [-0.15, -0.1) is 0 Å². The van der Waals surface area contributed by atoms with Gasteiger partial charge in [-0.05, 0) is 25.6 Å². The number of aromatic nitrogens is 2. The highest BCUT2D eigenvalue weighted by Crippen LogP contribution is 2.09. The molecule has 0 atom stereocenters. The summed E-state index contributed by atoms with van der Waals surface area (Å²) in [6.07, 6.45) is 3.08. The molecule has 0 aliphatic heterocycles. The summed E-state index contributed by atoms with van der Waals surface area (Å²) < 4.78 is 7.69. The minimum absolute atomic E-state index is 0.714.